The van der Waals surface area contributed by atoms with Gasteiger partial charge in [0, 0.05) is 41.6 Å². The Morgan fingerprint density at radius 1 is 1.19 bits per heavy atom. The van der Waals surface area contributed by atoms with Crippen molar-refractivity contribution in [2.75, 3.05) is 17.2 Å². The lowest BCUT2D eigenvalue weighted by Crippen LogP contribution is -2.69. The Labute approximate surface area is 249 Å². The third-order valence-electron chi connectivity index (χ3n) is 8.76. The Hall–Kier alpha value is -4.19. The topological polar surface area (TPSA) is 97.1 Å². The number of halogens is 1. The van der Waals surface area contributed by atoms with Crippen molar-refractivity contribution < 1.29 is 0 Å². The number of hydrogen-bond donors (Lipinski definition) is 5. The summed E-state index contributed by atoms with van der Waals surface area (Å²) < 4.78 is 0. The third-order valence-corrected chi connectivity index (χ3v) is 9.05. The molecule has 2 aromatic carbocycles. The van der Waals surface area contributed by atoms with Gasteiger partial charge < -0.3 is 21.0 Å². The fourth-order valence-electron chi connectivity index (χ4n) is 6.44. The van der Waals surface area contributed by atoms with Crippen LogP contribution in [0, 0.1) is 23.7 Å². The fraction of sp³-hybridized carbons (Fsp3) is 0.333. The Kier molecular flexibility index (Phi) is 6.16. The van der Waals surface area contributed by atoms with Crippen LogP contribution in [0.25, 0.3) is 21.7 Å². The molecule has 3 fully saturated rings. The van der Waals surface area contributed by atoms with Crippen LogP contribution in [-0.4, -0.2) is 27.1 Å². The van der Waals surface area contributed by atoms with Crippen molar-refractivity contribution in [3.8, 4) is 12.3 Å². The molecule has 0 unspecified atom stereocenters. The van der Waals surface area contributed by atoms with Crippen LogP contribution in [0.2, 0.25) is 5.02 Å². The summed E-state index contributed by atoms with van der Waals surface area (Å²) in [6.45, 7) is 7.24. The monoisotopic (exact) mass is 579 g/mol. The van der Waals surface area contributed by atoms with E-state index < -0.39 is 0 Å². The maximum atomic E-state index is 12.7. The minimum atomic E-state index is -0.316. The van der Waals surface area contributed by atoms with Gasteiger partial charge in [-0.15, -0.1) is 12.0 Å². The lowest BCUT2D eigenvalue weighted by Gasteiger charge is -2.64. The van der Waals surface area contributed by atoms with Crippen LogP contribution in [-0.2, 0) is 0 Å². The van der Waals surface area contributed by atoms with Crippen molar-refractivity contribution in [2.24, 2.45) is 11.3 Å². The molecule has 2 bridgehead atoms. The van der Waals surface area contributed by atoms with E-state index in [2.05, 4.69) is 75.5 Å². The first-order valence-electron chi connectivity index (χ1n) is 14.4. The SMILES string of the molecule is C#Cc1cnc2c(Cl)cc(N[C@H](C3=CN(C45CC(C4)C5)NN3)c3cccc4c(=O)[nH]ccc34)cc2c1NCC(C)(C)C. The summed E-state index contributed by atoms with van der Waals surface area (Å²) in [6.07, 6.45) is 15.1. The summed E-state index contributed by atoms with van der Waals surface area (Å²) in [4.78, 5) is 20.1. The zero-order valence-corrected chi connectivity index (χ0v) is 24.7. The summed E-state index contributed by atoms with van der Waals surface area (Å²) in [5.74, 6) is 3.63. The van der Waals surface area contributed by atoms with E-state index in [4.69, 9.17) is 18.0 Å². The normalized spacial score (nSPS) is 21.6. The molecule has 5 N–H and O–H groups in total. The number of hydrogen-bond acceptors (Lipinski definition) is 7. The van der Waals surface area contributed by atoms with Crippen LogP contribution in [0.15, 0.2) is 65.5 Å². The number of nitrogens with zero attached hydrogens (tertiary/aromatic N) is 2. The van der Waals surface area contributed by atoms with Gasteiger partial charge in [0.1, 0.15) is 0 Å². The second-order valence-electron chi connectivity index (χ2n) is 13.0. The number of H-pyrrole nitrogens is 1. The molecule has 0 radical (unpaired) electrons. The maximum Gasteiger partial charge on any atom is 0.255 e. The van der Waals surface area contributed by atoms with E-state index in [1.54, 1.807) is 12.4 Å². The summed E-state index contributed by atoms with van der Waals surface area (Å²) in [5, 5.41) is 12.4. The quantitative estimate of drug-likeness (QED) is 0.170. The lowest BCUT2D eigenvalue weighted by atomic mass is 9.49. The number of terminal acetylenes is 1. The molecule has 1 atom stereocenters. The molecule has 0 spiro atoms. The number of aromatic amines is 1. The zero-order chi connectivity index (χ0) is 29.2. The number of hydrazine groups is 2. The average molecular weight is 580 g/mol. The minimum absolute atomic E-state index is 0.0400. The first-order valence-corrected chi connectivity index (χ1v) is 14.7. The second-order valence-corrected chi connectivity index (χ2v) is 13.5. The summed E-state index contributed by atoms with van der Waals surface area (Å²) in [7, 11) is 0. The molecule has 0 saturated heterocycles. The van der Waals surface area contributed by atoms with Gasteiger partial charge in [-0.3, -0.25) is 14.8 Å². The zero-order valence-electron chi connectivity index (χ0n) is 23.9. The van der Waals surface area contributed by atoms with Crippen molar-refractivity contribution in [1.82, 2.24) is 25.9 Å². The van der Waals surface area contributed by atoms with E-state index in [1.807, 2.05) is 30.3 Å². The van der Waals surface area contributed by atoms with Crippen molar-refractivity contribution in [2.45, 2.75) is 51.6 Å². The number of anilines is 2. The predicted octanol–water partition coefficient (Wildman–Crippen LogP) is 6.04. The molecule has 4 aromatic rings. The van der Waals surface area contributed by atoms with Gasteiger partial charge >= 0.3 is 0 Å². The molecule has 8 rings (SSSR count). The van der Waals surface area contributed by atoms with E-state index in [0.717, 1.165) is 45.9 Å². The van der Waals surface area contributed by atoms with E-state index in [-0.39, 0.29) is 22.6 Å². The molecule has 3 heterocycles. The molecule has 8 nitrogen and oxygen atoms in total. The minimum Gasteiger partial charge on any atom is -0.383 e. The Morgan fingerprint density at radius 2 is 2.00 bits per heavy atom. The molecule has 3 saturated carbocycles. The highest BCUT2D eigenvalue weighted by atomic mass is 35.5. The van der Waals surface area contributed by atoms with Gasteiger partial charge in [-0.1, -0.05) is 50.4 Å². The number of benzene rings is 2. The maximum absolute atomic E-state index is 12.7. The van der Waals surface area contributed by atoms with Crippen LogP contribution < -0.4 is 27.2 Å². The largest absolute Gasteiger partial charge is 0.383 e. The summed E-state index contributed by atoms with van der Waals surface area (Å²) in [6, 6.07) is 11.4. The molecule has 214 valence electrons. The van der Waals surface area contributed by atoms with Gasteiger partial charge in [0.2, 0.25) is 0 Å². The van der Waals surface area contributed by atoms with Crippen molar-refractivity contribution >= 4 is 44.7 Å². The highest BCUT2D eigenvalue weighted by Crippen LogP contribution is 2.60. The van der Waals surface area contributed by atoms with Crippen LogP contribution in [0.5, 0.6) is 0 Å². The average Bonchev–Trinajstić information content (AvgIpc) is 3.37. The number of pyridine rings is 2. The molecular formula is C33H34ClN7O. The van der Waals surface area contributed by atoms with Crippen LogP contribution in [0.1, 0.15) is 57.2 Å². The highest BCUT2D eigenvalue weighted by Gasteiger charge is 2.60. The van der Waals surface area contributed by atoms with Crippen LogP contribution >= 0.6 is 11.6 Å². The molecule has 2 aromatic heterocycles. The fourth-order valence-corrected chi connectivity index (χ4v) is 6.71. The lowest BCUT2D eigenvalue weighted by molar-refractivity contribution is -0.141. The van der Waals surface area contributed by atoms with Gasteiger partial charge in [-0.2, -0.15) is 0 Å². The molecule has 4 aliphatic rings. The smallest absolute Gasteiger partial charge is 0.255 e. The van der Waals surface area contributed by atoms with E-state index >= 15 is 0 Å². The first kappa shape index (κ1) is 26.7. The number of aromatic nitrogens is 2. The first-order chi connectivity index (χ1) is 20.1. The van der Waals surface area contributed by atoms with E-state index in [0.29, 0.717) is 21.5 Å². The Balaban J connectivity index is 1.34. The molecule has 9 heteroatoms. The van der Waals surface area contributed by atoms with E-state index in [9.17, 15) is 4.79 Å². The second kappa shape index (κ2) is 9.69. The van der Waals surface area contributed by atoms with Crippen molar-refractivity contribution in [1.29, 1.82) is 0 Å². The number of rotatable bonds is 7. The van der Waals surface area contributed by atoms with Gasteiger partial charge in [-0.25, -0.2) is 0 Å². The van der Waals surface area contributed by atoms with Crippen LogP contribution in [0.4, 0.5) is 11.4 Å². The highest BCUT2D eigenvalue weighted by molar-refractivity contribution is 6.35. The predicted molar refractivity (Wildman–Crippen MR) is 170 cm³/mol. The van der Waals surface area contributed by atoms with Gasteiger partial charge in [0.05, 0.1) is 39.1 Å². The Bertz CT molecular complexity index is 1850. The third kappa shape index (κ3) is 4.44. The Morgan fingerprint density at radius 3 is 2.71 bits per heavy atom. The number of fused-ring (bicyclic) bond motifs is 2. The molecule has 42 heavy (non-hydrogen) atoms. The van der Waals surface area contributed by atoms with Gasteiger partial charge in [0.25, 0.3) is 5.56 Å². The molecule has 3 aliphatic carbocycles. The van der Waals surface area contributed by atoms with Gasteiger partial charge in [-0.05, 0) is 65.8 Å². The van der Waals surface area contributed by atoms with Crippen molar-refractivity contribution in [3.63, 3.8) is 0 Å². The van der Waals surface area contributed by atoms with Gasteiger partial charge in [0.15, 0.2) is 0 Å². The van der Waals surface area contributed by atoms with Crippen LogP contribution in [0.3, 0.4) is 0 Å². The standard InChI is InChI=1S/C33H34ClN7O/c1-5-20-16-36-29-25(28(20)37-18-32(2,3)4)11-21(12-26(29)34)38-30(23-7-6-8-24-22(23)9-10-35-31(24)42)27-17-41(40-39-27)33-13-19(14-33)15-33/h1,6-12,16-17,19,30,38-40H,13-15,18H2,2-4H3,(H,35,42)(H,36,37)/t19?,30-,33?/m0/s1. The molecule has 1 aliphatic heterocycles. The summed E-state index contributed by atoms with van der Waals surface area (Å²) >= 11 is 6.86. The molecular weight excluding hydrogens is 546 g/mol. The van der Waals surface area contributed by atoms with Crippen molar-refractivity contribution in [3.05, 3.63) is 87.2 Å². The van der Waals surface area contributed by atoms with E-state index in [1.165, 1.54) is 19.3 Å². The number of nitrogens with one attached hydrogen (secondary N) is 5. The molecule has 0 amide bonds. The summed E-state index contributed by atoms with van der Waals surface area (Å²) in [5.41, 5.74) is 11.9.